The van der Waals surface area contributed by atoms with Gasteiger partial charge in [-0.05, 0) is 30.3 Å². The van der Waals surface area contributed by atoms with Gasteiger partial charge in [0.15, 0.2) is 0 Å². The fraction of sp³-hybridized carbons (Fsp3) is 0.167. The molecule has 21 heavy (non-hydrogen) atoms. The average molecular weight is 384 g/mol. The highest BCUT2D eigenvalue weighted by Crippen LogP contribution is 2.33. The predicted molar refractivity (Wildman–Crippen MR) is 71.9 cm³/mol. The first-order valence-electron chi connectivity index (χ1n) is 5.58. The number of rotatable bonds is 4. The van der Waals surface area contributed by atoms with Gasteiger partial charge in [-0.15, -0.1) is 0 Å². The van der Waals surface area contributed by atoms with Gasteiger partial charge >= 0.3 is 6.18 Å². The minimum Gasteiger partial charge on any atom is -0.468 e. The van der Waals surface area contributed by atoms with Gasteiger partial charge < -0.3 is 4.42 Å². The van der Waals surface area contributed by atoms with Crippen molar-refractivity contribution in [2.24, 2.45) is 0 Å². The lowest BCUT2D eigenvalue weighted by molar-refractivity contribution is -0.137. The summed E-state index contributed by atoms with van der Waals surface area (Å²) in [6.45, 7) is -0.150. The van der Waals surface area contributed by atoms with Crippen LogP contribution in [0.1, 0.15) is 11.3 Å². The Kier molecular flexibility index (Phi) is 4.45. The molecule has 1 aromatic heterocycles. The van der Waals surface area contributed by atoms with Gasteiger partial charge in [-0.25, -0.2) is 13.1 Å². The van der Waals surface area contributed by atoms with Crippen LogP contribution in [0.4, 0.5) is 13.2 Å². The van der Waals surface area contributed by atoms with E-state index < -0.39 is 26.7 Å². The lowest BCUT2D eigenvalue weighted by atomic mass is 10.2. The molecular weight excluding hydrogens is 375 g/mol. The molecule has 0 saturated heterocycles. The maximum absolute atomic E-state index is 12.7. The van der Waals surface area contributed by atoms with Crippen LogP contribution in [0.15, 0.2) is 50.4 Å². The molecule has 0 aliphatic heterocycles. The smallest absolute Gasteiger partial charge is 0.416 e. The van der Waals surface area contributed by atoms with Gasteiger partial charge in [0.25, 0.3) is 0 Å². The molecule has 0 fully saturated rings. The van der Waals surface area contributed by atoms with Crippen LogP contribution in [0.2, 0.25) is 0 Å². The maximum Gasteiger partial charge on any atom is 0.416 e. The van der Waals surface area contributed by atoms with E-state index in [0.29, 0.717) is 11.8 Å². The second-order valence-electron chi connectivity index (χ2n) is 4.08. The molecule has 0 saturated carbocycles. The third-order valence-corrected chi connectivity index (χ3v) is 4.36. The zero-order chi connectivity index (χ0) is 15.7. The third-order valence-electron chi connectivity index (χ3n) is 2.53. The average Bonchev–Trinajstić information content (AvgIpc) is 2.88. The summed E-state index contributed by atoms with van der Waals surface area (Å²) in [5.41, 5.74) is -1.05. The number of furan rings is 1. The third kappa shape index (κ3) is 4.08. The van der Waals surface area contributed by atoms with Crippen molar-refractivity contribution in [2.45, 2.75) is 17.6 Å². The molecule has 0 atom stereocenters. The molecule has 2 aromatic rings. The lowest BCUT2D eigenvalue weighted by Gasteiger charge is -2.11. The van der Waals surface area contributed by atoms with Crippen LogP contribution in [0.25, 0.3) is 0 Å². The van der Waals surface area contributed by atoms with E-state index in [9.17, 15) is 21.6 Å². The quantitative estimate of drug-likeness (QED) is 0.878. The molecule has 0 amide bonds. The highest BCUT2D eigenvalue weighted by molar-refractivity contribution is 9.10. The summed E-state index contributed by atoms with van der Waals surface area (Å²) in [6.07, 6.45) is -3.26. The van der Waals surface area contributed by atoms with Crippen molar-refractivity contribution in [2.75, 3.05) is 0 Å². The molecule has 1 N–H and O–H groups in total. The topological polar surface area (TPSA) is 59.3 Å². The Balaban J connectivity index is 2.29. The van der Waals surface area contributed by atoms with Crippen molar-refractivity contribution in [1.29, 1.82) is 0 Å². The highest BCUT2D eigenvalue weighted by Gasteiger charge is 2.32. The molecule has 4 nitrogen and oxygen atoms in total. The van der Waals surface area contributed by atoms with Crippen molar-refractivity contribution in [3.63, 3.8) is 0 Å². The Morgan fingerprint density at radius 3 is 2.52 bits per heavy atom. The Morgan fingerprint density at radius 1 is 1.24 bits per heavy atom. The van der Waals surface area contributed by atoms with Crippen LogP contribution in [0, 0.1) is 0 Å². The first-order chi connectivity index (χ1) is 9.68. The number of nitrogens with one attached hydrogen (secondary N) is 1. The van der Waals surface area contributed by atoms with E-state index >= 15 is 0 Å². The van der Waals surface area contributed by atoms with Gasteiger partial charge in [0.1, 0.15) is 5.76 Å². The molecule has 0 spiro atoms. The SMILES string of the molecule is O=S(=O)(NCc1ccco1)c1cc(Br)cc(C(F)(F)F)c1. The van der Waals surface area contributed by atoms with Crippen molar-refractivity contribution in [3.8, 4) is 0 Å². The van der Waals surface area contributed by atoms with E-state index in [2.05, 4.69) is 20.7 Å². The summed E-state index contributed by atoms with van der Waals surface area (Å²) >= 11 is 2.88. The molecular formula is C12H9BrF3NO3S. The van der Waals surface area contributed by atoms with Crippen LogP contribution in [-0.2, 0) is 22.7 Å². The fourth-order valence-corrected chi connectivity index (χ4v) is 3.25. The van der Waals surface area contributed by atoms with Gasteiger partial charge in [-0.2, -0.15) is 13.2 Å². The van der Waals surface area contributed by atoms with Gasteiger partial charge in [0, 0.05) is 4.47 Å². The minimum absolute atomic E-state index is 0.0238. The molecule has 114 valence electrons. The van der Waals surface area contributed by atoms with Gasteiger partial charge in [0.05, 0.1) is 23.3 Å². The normalized spacial score (nSPS) is 12.6. The van der Waals surface area contributed by atoms with E-state index in [1.54, 1.807) is 12.1 Å². The molecule has 2 rings (SSSR count). The van der Waals surface area contributed by atoms with Gasteiger partial charge in [0.2, 0.25) is 10.0 Å². The summed E-state index contributed by atoms with van der Waals surface area (Å²) < 4.78 is 69.3. The number of benzene rings is 1. The number of sulfonamides is 1. The number of hydrogen-bond donors (Lipinski definition) is 1. The largest absolute Gasteiger partial charge is 0.468 e. The zero-order valence-electron chi connectivity index (χ0n) is 10.3. The summed E-state index contributed by atoms with van der Waals surface area (Å²) in [6, 6.07) is 5.61. The van der Waals surface area contributed by atoms with E-state index in [4.69, 9.17) is 4.42 Å². The monoisotopic (exact) mass is 383 g/mol. The fourth-order valence-electron chi connectivity index (χ4n) is 1.54. The van der Waals surface area contributed by atoms with Gasteiger partial charge in [-0.3, -0.25) is 0 Å². The van der Waals surface area contributed by atoms with E-state index in [1.807, 2.05) is 0 Å². The van der Waals surface area contributed by atoms with Crippen molar-refractivity contribution < 1.29 is 26.0 Å². The van der Waals surface area contributed by atoms with Crippen molar-refractivity contribution in [1.82, 2.24) is 4.72 Å². The van der Waals surface area contributed by atoms with E-state index in [1.165, 1.54) is 6.26 Å². The van der Waals surface area contributed by atoms with Crippen LogP contribution >= 0.6 is 15.9 Å². The first-order valence-corrected chi connectivity index (χ1v) is 7.86. The van der Waals surface area contributed by atoms with Crippen LogP contribution in [-0.4, -0.2) is 8.42 Å². The van der Waals surface area contributed by atoms with E-state index in [-0.39, 0.29) is 11.0 Å². The predicted octanol–water partition coefficient (Wildman–Crippen LogP) is 3.54. The Morgan fingerprint density at radius 2 is 1.95 bits per heavy atom. The molecule has 9 heteroatoms. The van der Waals surface area contributed by atoms with Gasteiger partial charge in [-0.1, -0.05) is 15.9 Å². The number of hydrogen-bond acceptors (Lipinski definition) is 3. The summed E-state index contributed by atoms with van der Waals surface area (Å²) in [7, 11) is -4.08. The second kappa shape index (κ2) is 5.82. The maximum atomic E-state index is 12.7. The Hall–Kier alpha value is -1.32. The van der Waals surface area contributed by atoms with Crippen LogP contribution < -0.4 is 4.72 Å². The summed E-state index contributed by atoms with van der Waals surface area (Å²) in [5, 5.41) is 0. The molecule has 0 unspecified atom stereocenters. The Bertz CT molecular complexity index is 727. The molecule has 0 radical (unpaired) electrons. The minimum atomic E-state index is -4.63. The number of halogens is 4. The lowest BCUT2D eigenvalue weighted by Crippen LogP contribution is -2.23. The highest BCUT2D eigenvalue weighted by atomic mass is 79.9. The second-order valence-corrected chi connectivity index (χ2v) is 6.76. The van der Waals surface area contributed by atoms with E-state index in [0.717, 1.165) is 12.1 Å². The molecule has 0 aliphatic carbocycles. The zero-order valence-corrected chi connectivity index (χ0v) is 12.7. The standard InChI is InChI=1S/C12H9BrF3NO3S/c13-9-4-8(12(14,15)16)5-11(6-9)21(18,19)17-7-10-2-1-3-20-10/h1-6,17H,7H2. The molecule has 1 heterocycles. The molecule has 0 bridgehead atoms. The molecule has 0 aliphatic rings. The van der Waals surface area contributed by atoms with Crippen LogP contribution in [0.5, 0.6) is 0 Å². The van der Waals surface area contributed by atoms with Crippen LogP contribution in [0.3, 0.4) is 0 Å². The first kappa shape index (κ1) is 16.1. The summed E-state index contributed by atoms with van der Waals surface area (Å²) in [4.78, 5) is -0.476. The summed E-state index contributed by atoms with van der Waals surface area (Å²) in [5.74, 6) is 0.351. The van der Waals surface area contributed by atoms with Crippen molar-refractivity contribution in [3.05, 3.63) is 52.4 Å². The number of alkyl halides is 3. The Labute approximate surface area is 127 Å². The molecule has 1 aromatic carbocycles. The van der Waals surface area contributed by atoms with Crippen molar-refractivity contribution >= 4 is 26.0 Å².